The summed E-state index contributed by atoms with van der Waals surface area (Å²) in [4.78, 5) is 12.7. The average molecular weight is 488 g/mol. The summed E-state index contributed by atoms with van der Waals surface area (Å²) in [5, 5.41) is 20.6. The first-order chi connectivity index (χ1) is 17.1. The van der Waals surface area contributed by atoms with Gasteiger partial charge in [-0.2, -0.15) is 5.26 Å². The predicted octanol–water partition coefficient (Wildman–Crippen LogP) is 5.49. The molecule has 35 heavy (non-hydrogen) atoms. The van der Waals surface area contributed by atoms with E-state index in [2.05, 4.69) is 21.6 Å². The van der Waals surface area contributed by atoms with Crippen LogP contribution in [0.15, 0.2) is 84.0 Å². The number of ether oxygens (including phenoxy) is 1. The molecule has 7 nitrogen and oxygen atoms in total. The summed E-state index contributed by atoms with van der Waals surface area (Å²) in [5.41, 5.74) is 2.16. The molecule has 0 radical (unpaired) electrons. The van der Waals surface area contributed by atoms with Crippen LogP contribution in [0.3, 0.4) is 0 Å². The molecule has 0 aliphatic rings. The van der Waals surface area contributed by atoms with Gasteiger partial charge in [0.1, 0.15) is 11.6 Å². The predicted molar refractivity (Wildman–Crippen MR) is 133 cm³/mol. The zero-order valence-electron chi connectivity index (χ0n) is 18.7. The lowest BCUT2D eigenvalue weighted by molar-refractivity contribution is -0.113. The summed E-state index contributed by atoms with van der Waals surface area (Å²) >= 11 is 1.25. The molecule has 4 aromatic rings. The number of hydrogen-bond acceptors (Lipinski definition) is 6. The van der Waals surface area contributed by atoms with Crippen LogP contribution in [-0.2, 0) is 4.79 Å². The number of amides is 1. The first-order valence-corrected chi connectivity index (χ1v) is 11.9. The number of carbonyl (C=O) groups is 1. The molecule has 9 heteroatoms. The van der Waals surface area contributed by atoms with Gasteiger partial charge in [-0.15, -0.1) is 10.2 Å². The minimum atomic E-state index is -0.331. The van der Waals surface area contributed by atoms with Crippen molar-refractivity contribution < 1.29 is 13.9 Å². The zero-order valence-corrected chi connectivity index (χ0v) is 19.5. The largest absolute Gasteiger partial charge is 0.493 e. The maximum absolute atomic E-state index is 13.4. The van der Waals surface area contributed by atoms with Gasteiger partial charge in [-0.1, -0.05) is 36.0 Å². The quantitative estimate of drug-likeness (QED) is 0.235. The van der Waals surface area contributed by atoms with E-state index in [1.54, 1.807) is 36.4 Å². The fourth-order valence-electron chi connectivity index (χ4n) is 3.29. The number of nitrogens with zero attached hydrogens (tertiary/aromatic N) is 4. The molecule has 0 fully saturated rings. The lowest BCUT2D eigenvalue weighted by atomic mass is 10.2. The van der Waals surface area contributed by atoms with Crippen molar-refractivity contribution in [1.82, 2.24) is 14.8 Å². The lowest BCUT2D eigenvalue weighted by Gasteiger charge is -2.11. The van der Waals surface area contributed by atoms with Crippen LogP contribution in [0.2, 0.25) is 0 Å². The highest BCUT2D eigenvalue weighted by Gasteiger charge is 2.17. The van der Waals surface area contributed by atoms with E-state index in [0.717, 1.165) is 5.69 Å². The van der Waals surface area contributed by atoms with E-state index >= 15 is 0 Å². The second kappa shape index (κ2) is 11.8. The second-order valence-electron chi connectivity index (χ2n) is 7.46. The number of unbranched alkanes of at least 4 members (excludes halogenated alkanes) is 1. The standard InChI is InChI=1S/C26H22FN5O2S/c27-20-13-11-19(12-14-20)25-30-31-26(32(25)22-8-2-1-3-9-22)35-18-24(33)29-21-7-6-10-23(17-21)34-16-5-4-15-28/h1-3,6-14,17H,4-5,16,18H2,(H,29,33). The molecule has 1 heterocycles. The minimum Gasteiger partial charge on any atom is -0.493 e. The van der Waals surface area contributed by atoms with Crippen LogP contribution in [-0.4, -0.2) is 33.0 Å². The van der Waals surface area contributed by atoms with Gasteiger partial charge in [0.15, 0.2) is 11.0 Å². The Labute approximate surface area is 206 Å². The van der Waals surface area contributed by atoms with Gasteiger partial charge in [-0.25, -0.2) is 4.39 Å². The Morgan fingerprint density at radius 1 is 1.06 bits per heavy atom. The maximum Gasteiger partial charge on any atom is 0.234 e. The molecule has 0 saturated heterocycles. The highest BCUT2D eigenvalue weighted by Crippen LogP contribution is 2.28. The Kier molecular flexibility index (Phi) is 8.09. The van der Waals surface area contributed by atoms with Crippen molar-refractivity contribution in [1.29, 1.82) is 5.26 Å². The summed E-state index contributed by atoms with van der Waals surface area (Å²) in [6, 6.07) is 24.8. The summed E-state index contributed by atoms with van der Waals surface area (Å²) in [7, 11) is 0. The number of para-hydroxylation sites is 1. The fraction of sp³-hybridized carbons (Fsp3) is 0.154. The van der Waals surface area contributed by atoms with Crippen LogP contribution in [0.4, 0.5) is 10.1 Å². The number of thioether (sulfide) groups is 1. The first kappa shape index (κ1) is 24.0. The van der Waals surface area contributed by atoms with Gasteiger partial charge in [0.2, 0.25) is 5.91 Å². The molecule has 1 aromatic heterocycles. The Hall–Kier alpha value is -4.16. The Bertz CT molecular complexity index is 1320. The van der Waals surface area contributed by atoms with Crippen molar-refractivity contribution in [2.45, 2.75) is 18.0 Å². The number of benzene rings is 3. The van der Waals surface area contributed by atoms with E-state index in [9.17, 15) is 9.18 Å². The summed E-state index contributed by atoms with van der Waals surface area (Å²) in [6.07, 6.45) is 1.08. The summed E-state index contributed by atoms with van der Waals surface area (Å²) in [5.74, 6) is 0.758. The number of rotatable bonds is 10. The molecule has 0 atom stereocenters. The molecule has 3 aromatic carbocycles. The van der Waals surface area contributed by atoms with Crippen molar-refractivity contribution in [3.8, 4) is 28.9 Å². The van der Waals surface area contributed by atoms with Crippen LogP contribution >= 0.6 is 11.8 Å². The number of halogens is 1. The summed E-state index contributed by atoms with van der Waals surface area (Å²) in [6.45, 7) is 0.437. The number of anilines is 1. The summed E-state index contributed by atoms with van der Waals surface area (Å²) < 4.78 is 20.9. The monoisotopic (exact) mass is 487 g/mol. The minimum absolute atomic E-state index is 0.113. The normalized spacial score (nSPS) is 10.5. The smallest absolute Gasteiger partial charge is 0.234 e. The van der Waals surface area contributed by atoms with E-state index in [0.29, 0.717) is 47.4 Å². The molecule has 0 spiro atoms. The van der Waals surface area contributed by atoms with E-state index in [4.69, 9.17) is 10.00 Å². The molecule has 0 aliphatic carbocycles. The third kappa shape index (κ3) is 6.46. The highest BCUT2D eigenvalue weighted by molar-refractivity contribution is 7.99. The van der Waals surface area contributed by atoms with Crippen molar-refractivity contribution in [3.05, 3.63) is 84.7 Å². The number of aromatic nitrogens is 3. The second-order valence-corrected chi connectivity index (χ2v) is 8.40. The van der Waals surface area contributed by atoms with Gasteiger partial charge in [0.05, 0.1) is 18.4 Å². The maximum atomic E-state index is 13.4. The van der Waals surface area contributed by atoms with Crippen molar-refractivity contribution in [2.24, 2.45) is 0 Å². The zero-order chi connectivity index (χ0) is 24.5. The fourth-order valence-corrected chi connectivity index (χ4v) is 4.04. The molecule has 0 aliphatic heterocycles. The number of nitriles is 1. The Morgan fingerprint density at radius 2 is 1.86 bits per heavy atom. The Morgan fingerprint density at radius 3 is 2.63 bits per heavy atom. The van der Waals surface area contributed by atoms with E-state index < -0.39 is 0 Å². The number of nitrogens with one attached hydrogen (secondary N) is 1. The molecule has 4 rings (SSSR count). The average Bonchev–Trinajstić information content (AvgIpc) is 3.31. The molecule has 176 valence electrons. The Balaban J connectivity index is 1.46. The van der Waals surface area contributed by atoms with Crippen LogP contribution < -0.4 is 10.1 Å². The third-order valence-electron chi connectivity index (χ3n) is 4.90. The molecule has 0 unspecified atom stereocenters. The third-order valence-corrected chi connectivity index (χ3v) is 5.83. The van der Waals surface area contributed by atoms with Gasteiger partial charge in [0.25, 0.3) is 0 Å². The van der Waals surface area contributed by atoms with Crippen molar-refractivity contribution >= 4 is 23.4 Å². The molecular formula is C26H22FN5O2S. The van der Waals surface area contributed by atoms with Gasteiger partial charge in [0, 0.05) is 29.4 Å². The van der Waals surface area contributed by atoms with Gasteiger partial charge < -0.3 is 10.1 Å². The van der Waals surface area contributed by atoms with E-state index in [1.807, 2.05) is 34.9 Å². The van der Waals surface area contributed by atoms with E-state index in [-0.39, 0.29) is 17.5 Å². The number of hydrogen-bond donors (Lipinski definition) is 1. The van der Waals surface area contributed by atoms with Crippen LogP contribution in [0.5, 0.6) is 5.75 Å². The highest BCUT2D eigenvalue weighted by atomic mass is 32.2. The van der Waals surface area contributed by atoms with Gasteiger partial charge >= 0.3 is 0 Å². The lowest BCUT2D eigenvalue weighted by Crippen LogP contribution is -2.14. The molecule has 1 amide bonds. The van der Waals surface area contributed by atoms with Crippen LogP contribution in [0.1, 0.15) is 12.8 Å². The first-order valence-electron chi connectivity index (χ1n) is 10.9. The molecule has 1 N–H and O–H groups in total. The van der Waals surface area contributed by atoms with Crippen LogP contribution in [0, 0.1) is 17.1 Å². The molecular weight excluding hydrogens is 465 g/mol. The van der Waals surface area contributed by atoms with Crippen LogP contribution in [0.25, 0.3) is 17.1 Å². The number of carbonyl (C=O) groups excluding carboxylic acids is 1. The van der Waals surface area contributed by atoms with Gasteiger partial charge in [-0.3, -0.25) is 9.36 Å². The van der Waals surface area contributed by atoms with Crippen molar-refractivity contribution in [2.75, 3.05) is 17.7 Å². The molecule has 0 saturated carbocycles. The van der Waals surface area contributed by atoms with Gasteiger partial charge in [-0.05, 0) is 55.0 Å². The van der Waals surface area contributed by atoms with E-state index in [1.165, 1.54) is 23.9 Å². The van der Waals surface area contributed by atoms with Crippen molar-refractivity contribution in [3.63, 3.8) is 0 Å². The molecule has 0 bridgehead atoms. The topological polar surface area (TPSA) is 92.8 Å². The SMILES string of the molecule is N#CCCCOc1cccc(NC(=O)CSc2nnc(-c3ccc(F)cc3)n2-c2ccccc2)c1.